The fourth-order valence-corrected chi connectivity index (χ4v) is 15.0. The van der Waals surface area contributed by atoms with Crippen LogP contribution in [0.25, 0.3) is 12.2 Å². The first-order valence-electron chi connectivity index (χ1n) is 37.8. The van der Waals surface area contributed by atoms with Gasteiger partial charge in [0.15, 0.2) is 0 Å². The summed E-state index contributed by atoms with van der Waals surface area (Å²) in [6, 6.07) is 39.1. The van der Waals surface area contributed by atoms with Crippen molar-refractivity contribution in [3.63, 3.8) is 0 Å². The number of carbonyl (C=O) groups is 8. The number of aliphatic hydroxyl groups excluding tert-OH is 1. The Kier molecular flexibility index (Phi) is 32.9. The van der Waals surface area contributed by atoms with Gasteiger partial charge in [-0.25, -0.2) is 36.7 Å². The summed E-state index contributed by atoms with van der Waals surface area (Å²) >= 11 is 2.12. The molecule has 0 spiro atoms. The number of allylic oxidation sites excluding steroid dienone is 3. The highest BCUT2D eigenvalue weighted by molar-refractivity contribution is 14.1. The van der Waals surface area contributed by atoms with E-state index in [2.05, 4.69) is 43.9 Å². The third-order valence-corrected chi connectivity index (χ3v) is 21.4. The summed E-state index contributed by atoms with van der Waals surface area (Å²) in [5, 5.41) is 54.5. The maximum absolute atomic E-state index is 13.7. The molecule has 4 atom stereocenters. The van der Waals surface area contributed by atoms with Gasteiger partial charge in [0.25, 0.3) is 23.6 Å². The number of rotatable bonds is 19. The lowest BCUT2D eigenvalue weighted by Crippen LogP contribution is -2.56. The van der Waals surface area contributed by atoms with E-state index in [0.717, 1.165) is 83.2 Å². The summed E-state index contributed by atoms with van der Waals surface area (Å²) in [5.41, 5.74) is 8.84. The fourth-order valence-electron chi connectivity index (χ4n) is 14.4. The number of hydrogen-bond acceptors (Lipinski definition) is 13. The standard InChI is InChI=1S/C23H24FNO3.C21H22FNO3.C21H20FNO3.C20H19FINO3.C3H7BO2.C2H6O/c1-4-7-19-15(3)8-6-9-20(19)21(26)25-23(22(27)28-5-2)13-16-10-11-18(24)12-17(16)14-23;2*1-3-5-17-13(2)6-4-7-18(17)19(24)23-21(20(25)26)11-14-8-9-16(22)10-15(14)12-21;1-3-26-19(25)20(10-13-7-8-15(21)9-14(13)11-20)23-18(24)16-6-4-5-12(2)17(16)22;1-2-3-4(5)6;1-2-3/h4,6-12H,5,13-14H2,1-3H3,(H,25,26);4,6-10H,3,5,11-12H2,1-2H3,(H,23,24)(H,25,26);3-10H,11-12H2,1-2H3,(H,23,24)(H,25,26);4-9H,3,10-11H2,1-2H3,(H,23,24);2-3,5-6H,1H3;3H,2H2,1H3/b7-4+;;5-3+;;3-2+;. The Bertz CT molecular complexity index is 5010. The number of carboxylic acid groups (broad SMARTS) is 2. The zero-order chi connectivity index (χ0) is 84.7. The molecule has 4 aliphatic rings. The van der Waals surface area contributed by atoms with E-state index in [0.29, 0.717) is 38.9 Å². The number of carboxylic acids is 2. The molecule has 0 aromatic heterocycles. The topological polar surface area (TPSA) is 304 Å². The lowest BCUT2D eigenvalue weighted by Gasteiger charge is -2.28. The van der Waals surface area contributed by atoms with Crippen LogP contribution in [0.15, 0.2) is 170 Å². The number of aliphatic carboxylic acids is 2. The third kappa shape index (κ3) is 22.8. The Balaban J connectivity index is 0.000000205. The molecule has 0 aliphatic heterocycles. The van der Waals surface area contributed by atoms with Crippen molar-refractivity contribution in [2.24, 2.45) is 0 Å². The van der Waals surface area contributed by atoms with Crippen molar-refractivity contribution in [3.8, 4) is 0 Å². The fraction of sp³-hybridized carbons (Fsp3) is 0.311. The third-order valence-electron chi connectivity index (χ3n) is 19.9. The smallest absolute Gasteiger partial charge is 0.479 e. The molecule has 8 aromatic rings. The van der Waals surface area contributed by atoms with Crippen molar-refractivity contribution in [2.75, 3.05) is 19.8 Å². The van der Waals surface area contributed by atoms with Crippen LogP contribution in [0.5, 0.6) is 0 Å². The van der Waals surface area contributed by atoms with E-state index in [4.69, 9.17) is 24.6 Å². The molecule has 0 saturated heterocycles. The predicted molar refractivity (Wildman–Crippen MR) is 443 cm³/mol. The van der Waals surface area contributed by atoms with Crippen LogP contribution in [0.4, 0.5) is 17.6 Å². The molecular formula is C90H98BF4IN4O15. The predicted octanol–water partition coefficient (Wildman–Crippen LogP) is 14.1. The molecule has 19 nitrogen and oxygen atoms in total. The number of fused-ring (bicyclic) bond motifs is 4. The lowest BCUT2D eigenvalue weighted by molar-refractivity contribution is -0.151. The van der Waals surface area contributed by atoms with Crippen molar-refractivity contribution < 1.29 is 90.8 Å². The van der Waals surface area contributed by atoms with Gasteiger partial charge in [-0.15, -0.1) is 0 Å². The van der Waals surface area contributed by atoms with Crippen LogP contribution in [0.3, 0.4) is 0 Å². The summed E-state index contributed by atoms with van der Waals surface area (Å²) in [7, 11) is -1.28. The Labute approximate surface area is 682 Å². The molecule has 0 bridgehead atoms. The molecule has 0 fully saturated rings. The van der Waals surface area contributed by atoms with Crippen LogP contribution in [-0.2, 0) is 86.4 Å². The van der Waals surface area contributed by atoms with E-state index in [1.807, 2.05) is 109 Å². The van der Waals surface area contributed by atoms with Crippen molar-refractivity contribution >= 4 is 89.4 Å². The van der Waals surface area contributed by atoms with Gasteiger partial charge in [0.2, 0.25) is 0 Å². The number of nitrogens with one attached hydrogen (secondary N) is 4. The number of aliphatic hydroxyl groups is 1. The summed E-state index contributed by atoms with van der Waals surface area (Å²) in [6.07, 6.45) is 12.0. The minimum Gasteiger partial charge on any atom is -0.479 e. The average Bonchev–Trinajstić information content (AvgIpc) is 1.65. The number of ether oxygens (including phenoxy) is 2. The normalized spacial score (nSPS) is 17.6. The molecule has 606 valence electrons. The molecule has 4 amide bonds. The molecule has 115 heavy (non-hydrogen) atoms. The number of benzene rings is 8. The number of aryl methyl sites for hydroxylation is 4. The molecule has 0 heterocycles. The van der Waals surface area contributed by atoms with Crippen molar-refractivity contribution in [1.29, 1.82) is 0 Å². The van der Waals surface area contributed by atoms with Crippen molar-refractivity contribution in [2.45, 2.75) is 163 Å². The molecular weight excluding hydrogens is 1590 g/mol. The average molecular weight is 1690 g/mol. The number of carbonyl (C=O) groups excluding carboxylic acids is 6. The van der Waals surface area contributed by atoms with Gasteiger partial charge >= 0.3 is 31.0 Å². The van der Waals surface area contributed by atoms with E-state index in [1.54, 1.807) is 94.4 Å². The van der Waals surface area contributed by atoms with Crippen LogP contribution in [-0.4, -0.2) is 122 Å². The first-order chi connectivity index (χ1) is 54.7. The highest BCUT2D eigenvalue weighted by atomic mass is 127. The SMILES string of the molecule is C/C=C/B(O)O.C/C=C/c1c(C)cccc1C(=O)NC1(C(=O)O)Cc2ccc(F)cc2C1.C/C=C/c1c(C)cccc1C(=O)NC1(C(=O)OCC)Cc2ccc(F)cc2C1.CCCc1c(C)cccc1C(=O)NC1(C(=O)O)Cc2ccc(F)cc2C1.CCO.CCOC(=O)C1(NC(=O)c2cccc(C)c2I)Cc2ccc(F)cc2C1. The van der Waals surface area contributed by atoms with Gasteiger partial charge in [0.1, 0.15) is 45.4 Å². The largest absolute Gasteiger partial charge is 0.480 e. The molecule has 4 unspecified atom stereocenters. The van der Waals surface area contributed by atoms with Crippen LogP contribution >= 0.6 is 22.6 Å². The summed E-state index contributed by atoms with van der Waals surface area (Å²) in [4.78, 5) is 101. The van der Waals surface area contributed by atoms with E-state index in [1.165, 1.54) is 54.5 Å². The van der Waals surface area contributed by atoms with E-state index < -0.39 is 76.6 Å². The number of esters is 2. The van der Waals surface area contributed by atoms with Gasteiger partial charge in [-0.05, 0) is 254 Å². The van der Waals surface area contributed by atoms with Gasteiger partial charge in [-0.1, -0.05) is 122 Å². The second-order valence-corrected chi connectivity index (χ2v) is 29.5. The van der Waals surface area contributed by atoms with Crippen LogP contribution in [0, 0.1) is 54.5 Å². The molecule has 0 radical (unpaired) electrons. The zero-order valence-corrected chi connectivity index (χ0v) is 68.5. The zero-order valence-electron chi connectivity index (χ0n) is 66.3. The van der Waals surface area contributed by atoms with Crippen LogP contribution in [0.1, 0.15) is 180 Å². The Morgan fingerprint density at radius 3 is 1.04 bits per heavy atom. The molecule has 12 rings (SSSR count). The Morgan fingerprint density at radius 2 is 0.722 bits per heavy atom. The molecule has 8 aromatic carbocycles. The highest BCUT2D eigenvalue weighted by Crippen LogP contribution is 2.37. The van der Waals surface area contributed by atoms with Gasteiger partial charge < -0.3 is 56.1 Å². The van der Waals surface area contributed by atoms with Gasteiger partial charge in [0.05, 0.1) is 18.8 Å². The molecule has 4 aliphatic carbocycles. The minimum atomic E-state index is -1.47. The molecule has 9 N–H and O–H groups in total. The Hall–Kier alpha value is -10.9. The molecule has 25 heteroatoms. The number of amides is 4. The highest BCUT2D eigenvalue weighted by Gasteiger charge is 2.50. The van der Waals surface area contributed by atoms with Crippen LogP contribution < -0.4 is 21.3 Å². The van der Waals surface area contributed by atoms with Gasteiger partial charge in [0, 0.05) is 78.2 Å². The van der Waals surface area contributed by atoms with Gasteiger partial charge in [-0.2, -0.15) is 0 Å². The second-order valence-electron chi connectivity index (χ2n) is 28.4. The first kappa shape index (κ1) is 91.3. The molecule has 0 saturated carbocycles. The van der Waals surface area contributed by atoms with E-state index >= 15 is 0 Å². The monoisotopic (exact) mass is 1690 g/mol. The Morgan fingerprint density at radius 1 is 0.426 bits per heavy atom. The minimum absolute atomic E-state index is 0.0614. The van der Waals surface area contributed by atoms with Crippen LogP contribution in [0.2, 0.25) is 0 Å². The van der Waals surface area contributed by atoms with Gasteiger partial charge in [-0.3, -0.25) is 19.2 Å². The van der Waals surface area contributed by atoms with E-state index in [-0.39, 0.29) is 94.6 Å². The lowest BCUT2D eigenvalue weighted by atomic mass is 9.92. The number of hydrogen-bond donors (Lipinski definition) is 9. The quantitative estimate of drug-likeness (QED) is 0.0157. The summed E-state index contributed by atoms with van der Waals surface area (Å²) < 4.78 is 65.6. The maximum Gasteiger partial charge on any atom is 0.480 e. The van der Waals surface area contributed by atoms with E-state index in [9.17, 15) is 66.1 Å². The summed E-state index contributed by atoms with van der Waals surface area (Å²) in [5.74, 6) is -5.00. The second kappa shape index (κ2) is 41.4. The number of halogens is 5. The van der Waals surface area contributed by atoms with Crippen molar-refractivity contribution in [1.82, 2.24) is 21.3 Å². The van der Waals surface area contributed by atoms with Crippen molar-refractivity contribution in [3.05, 3.63) is 302 Å². The summed E-state index contributed by atoms with van der Waals surface area (Å²) in [6.45, 7) is 21.0. The first-order valence-corrected chi connectivity index (χ1v) is 38.8. The maximum atomic E-state index is 13.7.